The minimum absolute atomic E-state index is 0.00139. The van der Waals surface area contributed by atoms with Crippen molar-refractivity contribution in [1.82, 2.24) is 4.98 Å². The zero-order valence-electron chi connectivity index (χ0n) is 9.69. The lowest BCUT2D eigenvalue weighted by molar-refractivity contribution is 0.101. The number of aromatic nitrogens is 1. The maximum atomic E-state index is 11.5. The van der Waals surface area contributed by atoms with E-state index in [2.05, 4.69) is 4.98 Å². The van der Waals surface area contributed by atoms with Crippen molar-refractivity contribution in [3.05, 3.63) is 36.2 Å². The molecule has 0 saturated carbocycles. The Kier molecular flexibility index (Phi) is 2.60. The fourth-order valence-electron chi connectivity index (χ4n) is 1.72. The van der Waals surface area contributed by atoms with E-state index >= 15 is 0 Å². The van der Waals surface area contributed by atoms with Gasteiger partial charge in [-0.1, -0.05) is 6.07 Å². The highest BCUT2D eigenvalue weighted by atomic mass is 16.1. The second-order valence-electron chi connectivity index (χ2n) is 4.02. The minimum Gasteiger partial charge on any atom is -0.378 e. The Labute approximate surface area is 94.7 Å². The van der Waals surface area contributed by atoms with Gasteiger partial charge in [-0.3, -0.25) is 9.78 Å². The fraction of sp³-hybridized carbons (Fsp3) is 0.231. The number of anilines is 1. The number of ketones is 1. The molecule has 2 aromatic rings. The first kappa shape index (κ1) is 10.6. The molecule has 16 heavy (non-hydrogen) atoms. The first-order valence-corrected chi connectivity index (χ1v) is 5.16. The topological polar surface area (TPSA) is 33.2 Å². The van der Waals surface area contributed by atoms with Crippen molar-refractivity contribution in [2.75, 3.05) is 19.0 Å². The van der Waals surface area contributed by atoms with E-state index in [9.17, 15) is 4.79 Å². The highest BCUT2D eigenvalue weighted by Gasteiger charge is 2.07. The van der Waals surface area contributed by atoms with Crippen LogP contribution in [0.5, 0.6) is 0 Å². The molecule has 0 aliphatic carbocycles. The third-order valence-corrected chi connectivity index (χ3v) is 2.60. The van der Waals surface area contributed by atoms with Crippen LogP contribution in [0.4, 0.5) is 5.69 Å². The van der Waals surface area contributed by atoms with Gasteiger partial charge < -0.3 is 4.90 Å². The van der Waals surface area contributed by atoms with Gasteiger partial charge in [0.25, 0.3) is 0 Å². The molecular weight excluding hydrogens is 200 g/mol. The number of benzene rings is 1. The molecule has 0 radical (unpaired) electrons. The number of rotatable bonds is 2. The first-order valence-electron chi connectivity index (χ1n) is 5.16. The number of fused-ring (bicyclic) bond motifs is 1. The van der Waals surface area contributed by atoms with E-state index in [0.717, 1.165) is 16.5 Å². The van der Waals surface area contributed by atoms with E-state index < -0.39 is 0 Å². The van der Waals surface area contributed by atoms with E-state index in [1.807, 2.05) is 43.3 Å². The highest BCUT2D eigenvalue weighted by Crippen LogP contribution is 2.23. The van der Waals surface area contributed by atoms with Crippen molar-refractivity contribution in [3.8, 4) is 0 Å². The summed E-state index contributed by atoms with van der Waals surface area (Å²) >= 11 is 0. The van der Waals surface area contributed by atoms with Crippen LogP contribution in [0.1, 0.15) is 17.4 Å². The number of hydrogen-bond donors (Lipinski definition) is 0. The zero-order chi connectivity index (χ0) is 11.7. The van der Waals surface area contributed by atoms with Gasteiger partial charge in [-0.05, 0) is 23.6 Å². The minimum atomic E-state index is 0.00139. The largest absolute Gasteiger partial charge is 0.378 e. The molecule has 0 unspecified atom stereocenters. The number of Topliss-reactive ketones (excluding diaryl/α,β-unsaturated/α-hetero) is 1. The van der Waals surface area contributed by atoms with Crippen molar-refractivity contribution in [1.29, 1.82) is 0 Å². The van der Waals surface area contributed by atoms with Crippen molar-refractivity contribution in [2.45, 2.75) is 6.92 Å². The maximum absolute atomic E-state index is 11.5. The standard InChI is InChI=1S/C13H14N2O/c1-9(16)13-12-8-11(15(2)3)5-4-10(12)6-7-14-13/h4-8H,1-3H3. The summed E-state index contributed by atoms with van der Waals surface area (Å²) in [6.07, 6.45) is 1.67. The molecule has 0 N–H and O–H groups in total. The van der Waals surface area contributed by atoms with Crippen LogP contribution in [0.3, 0.4) is 0 Å². The third kappa shape index (κ3) is 1.76. The number of nitrogens with zero attached hydrogens (tertiary/aromatic N) is 2. The van der Waals surface area contributed by atoms with Gasteiger partial charge in [-0.25, -0.2) is 0 Å². The summed E-state index contributed by atoms with van der Waals surface area (Å²) in [5.74, 6) is 0.00139. The molecule has 3 heteroatoms. The Morgan fingerprint density at radius 2 is 2.00 bits per heavy atom. The fourth-order valence-corrected chi connectivity index (χ4v) is 1.72. The lowest BCUT2D eigenvalue weighted by Crippen LogP contribution is -2.08. The normalized spacial score (nSPS) is 10.4. The number of pyridine rings is 1. The van der Waals surface area contributed by atoms with E-state index in [1.54, 1.807) is 13.1 Å². The second-order valence-corrected chi connectivity index (χ2v) is 4.02. The average Bonchev–Trinajstić information content (AvgIpc) is 2.27. The molecule has 0 aliphatic heterocycles. The SMILES string of the molecule is CC(=O)c1nccc2ccc(N(C)C)cc12. The van der Waals surface area contributed by atoms with Crippen LogP contribution in [-0.2, 0) is 0 Å². The van der Waals surface area contributed by atoms with Crippen molar-refractivity contribution in [3.63, 3.8) is 0 Å². The Morgan fingerprint density at radius 1 is 1.25 bits per heavy atom. The molecular formula is C13H14N2O. The summed E-state index contributed by atoms with van der Waals surface area (Å²) in [4.78, 5) is 17.6. The average molecular weight is 214 g/mol. The van der Waals surface area contributed by atoms with Gasteiger partial charge in [0, 0.05) is 38.3 Å². The van der Waals surface area contributed by atoms with Gasteiger partial charge in [0.2, 0.25) is 0 Å². The first-order chi connectivity index (χ1) is 7.59. The Hall–Kier alpha value is -1.90. The molecule has 1 heterocycles. The van der Waals surface area contributed by atoms with E-state index in [4.69, 9.17) is 0 Å². The molecule has 0 saturated heterocycles. The summed E-state index contributed by atoms with van der Waals surface area (Å²) in [6, 6.07) is 7.96. The predicted octanol–water partition coefficient (Wildman–Crippen LogP) is 2.50. The molecule has 3 nitrogen and oxygen atoms in total. The van der Waals surface area contributed by atoms with Gasteiger partial charge in [0.05, 0.1) is 0 Å². The van der Waals surface area contributed by atoms with Crippen molar-refractivity contribution < 1.29 is 4.79 Å². The number of carbonyl (C=O) groups is 1. The summed E-state index contributed by atoms with van der Waals surface area (Å²) in [7, 11) is 3.95. The van der Waals surface area contributed by atoms with Gasteiger partial charge >= 0.3 is 0 Å². The van der Waals surface area contributed by atoms with E-state index in [-0.39, 0.29) is 5.78 Å². The summed E-state index contributed by atoms with van der Waals surface area (Å²) in [5.41, 5.74) is 1.62. The molecule has 82 valence electrons. The molecule has 0 atom stereocenters. The quantitative estimate of drug-likeness (QED) is 0.720. The van der Waals surface area contributed by atoms with E-state index in [1.165, 1.54) is 0 Å². The second kappa shape index (κ2) is 3.93. The van der Waals surface area contributed by atoms with E-state index in [0.29, 0.717) is 5.69 Å². The molecule has 0 fully saturated rings. The molecule has 2 rings (SSSR count). The number of hydrogen-bond acceptors (Lipinski definition) is 3. The third-order valence-electron chi connectivity index (χ3n) is 2.60. The smallest absolute Gasteiger partial charge is 0.178 e. The Bertz CT molecular complexity index is 547. The van der Waals surface area contributed by atoms with Crippen LogP contribution >= 0.6 is 0 Å². The molecule has 0 amide bonds. The summed E-state index contributed by atoms with van der Waals surface area (Å²) in [5, 5.41) is 1.96. The number of carbonyl (C=O) groups excluding carboxylic acids is 1. The van der Waals surface area contributed by atoms with Crippen molar-refractivity contribution >= 4 is 22.2 Å². The monoisotopic (exact) mass is 214 g/mol. The summed E-state index contributed by atoms with van der Waals surface area (Å²) in [6.45, 7) is 1.55. The zero-order valence-corrected chi connectivity index (χ0v) is 9.69. The van der Waals surface area contributed by atoms with Crippen LogP contribution < -0.4 is 4.90 Å². The molecule has 1 aromatic carbocycles. The molecule has 0 bridgehead atoms. The van der Waals surface area contributed by atoms with Gasteiger partial charge in [-0.2, -0.15) is 0 Å². The lowest BCUT2D eigenvalue weighted by Gasteiger charge is -2.13. The van der Waals surface area contributed by atoms with Gasteiger partial charge in [0.15, 0.2) is 5.78 Å². The van der Waals surface area contributed by atoms with Crippen LogP contribution in [0.15, 0.2) is 30.5 Å². The Morgan fingerprint density at radius 3 is 2.62 bits per heavy atom. The van der Waals surface area contributed by atoms with Crippen LogP contribution in [-0.4, -0.2) is 24.9 Å². The molecule has 0 aliphatic rings. The Balaban J connectivity index is 2.73. The predicted molar refractivity (Wildman–Crippen MR) is 66.1 cm³/mol. The van der Waals surface area contributed by atoms with Gasteiger partial charge in [-0.15, -0.1) is 0 Å². The molecule has 0 spiro atoms. The lowest BCUT2D eigenvalue weighted by atomic mass is 10.1. The van der Waals surface area contributed by atoms with Crippen LogP contribution in [0.25, 0.3) is 10.8 Å². The van der Waals surface area contributed by atoms with Gasteiger partial charge in [0.1, 0.15) is 5.69 Å². The van der Waals surface area contributed by atoms with Crippen molar-refractivity contribution in [2.24, 2.45) is 0 Å². The summed E-state index contributed by atoms with van der Waals surface area (Å²) < 4.78 is 0. The van der Waals surface area contributed by atoms with Crippen LogP contribution in [0, 0.1) is 0 Å². The highest BCUT2D eigenvalue weighted by molar-refractivity contribution is 6.05. The van der Waals surface area contributed by atoms with Crippen LogP contribution in [0.2, 0.25) is 0 Å². The maximum Gasteiger partial charge on any atom is 0.178 e. The molecule has 1 aromatic heterocycles.